The molecule has 0 unspecified atom stereocenters. The van der Waals surface area contributed by atoms with E-state index in [1.54, 1.807) is 0 Å². The van der Waals surface area contributed by atoms with Gasteiger partial charge in [0, 0.05) is 22.3 Å². The molecule has 0 atom stereocenters. The van der Waals surface area contributed by atoms with Crippen LogP contribution >= 0.6 is 0 Å². The Balaban J connectivity index is 1.97. The Kier molecular flexibility index (Phi) is 3.37. The summed E-state index contributed by atoms with van der Waals surface area (Å²) in [6.07, 6.45) is 7.59. The summed E-state index contributed by atoms with van der Waals surface area (Å²) in [4.78, 5) is 47.9. The Hall–Kier alpha value is -2.36. The predicted octanol–water partition coefficient (Wildman–Crippen LogP) is 1.96. The summed E-state index contributed by atoms with van der Waals surface area (Å²) in [5, 5.41) is 0. The Morgan fingerprint density at radius 1 is 0.524 bits per heavy atom. The van der Waals surface area contributed by atoms with Gasteiger partial charge in [-0.2, -0.15) is 0 Å². The Labute approximate surface area is 121 Å². The van der Waals surface area contributed by atoms with Crippen LogP contribution in [0.3, 0.4) is 0 Å². The molecule has 0 amide bonds. The molecule has 3 aliphatic carbocycles. The van der Waals surface area contributed by atoms with Crippen molar-refractivity contribution < 1.29 is 19.2 Å². The molecular weight excluding hydrogens is 268 g/mol. The summed E-state index contributed by atoms with van der Waals surface area (Å²) in [5.74, 6) is -0.534. The van der Waals surface area contributed by atoms with Crippen LogP contribution in [0.4, 0.5) is 0 Å². The van der Waals surface area contributed by atoms with E-state index < -0.39 is 0 Å². The molecule has 106 valence electrons. The average Bonchev–Trinajstić information content (AvgIpc) is 2.44. The van der Waals surface area contributed by atoms with Gasteiger partial charge in [0.1, 0.15) is 0 Å². The van der Waals surface area contributed by atoms with Crippen LogP contribution in [-0.4, -0.2) is 23.1 Å². The lowest BCUT2D eigenvalue weighted by Crippen LogP contribution is -2.15. The molecule has 3 aliphatic rings. The van der Waals surface area contributed by atoms with Crippen molar-refractivity contribution in [2.75, 3.05) is 0 Å². The first-order valence-corrected chi connectivity index (χ1v) is 7.04. The van der Waals surface area contributed by atoms with Crippen molar-refractivity contribution in [3.05, 3.63) is 46.6 Å². The van der Waals surface area contributed by atoms with E-state index >= 15 is 0 Å². The van der Waals surface area contributed by atoms with Crippen molar-refractivity contribution in [1.82, 2.24) is 0 Å². The van der Waals surface area contributed by atoms with Crippen LogP contribution < -0.4 is 0 Å². The summed E-state index contributed by atoms with van der Waals surface area (Å²) in [7, 11) is 0. The lowest BCUT2D eigenvalue weighted by molar-refractivity contribution is -0.115. The Bertz CT molecular complexity index is 638. The Morgan fingerprint density at radius 3 is 1.24 bits per heavy atom. The second-order valence-electron chi connectivity index (χ2n) is 5.49. The van der Waals surface area contributed by atoms with Gasteiger partial charge in [0.25, 0.3) is 0 Å². The third kappa shape index (κ3) is 2.61. The average molecular weight is 282 g/mol. The van der Waals surface area contributed by atoms with Crippen molar-refractivity contribution in [3.8, 4) is 0 Å². The maximum absolute atomic E-state index is 12.3. The number of fused-ring (bicyclic) bond motifs is 4. The monoisotopic (exact) mass is 282 g/mol. The van der Waals surface area contributed by atoms with Crippen molar-refractivity contribution in [2.45, 2.75) is 32.1 Å². The SMILES string of the molecule is O=C1C=C2CCCC3=CC(=O)C=C(CCC(=C1)C2=O)C3=O. The van der Waals surface area contributed by atoms with E-state index in [9.17, 15) is 19.2 Å². The molecule has 3 rings (SSSR count). The van der Waals surface area contributed by atoms with Gasteiger partial charge >= 0.3 is 0 Å². The maximum Gasteiger partial charge on any atom is 0.185 e. The zero-order valence-electron chi connectivity index (χ0n) is 11.5. The smallest absolute Gasteiger partial charge is 0.185 e. The molecule has 0 spiro atoms. The fourth-order valence-corrected chi connectivity index (χ4v) is 2.93. The van der Waals surface area contributed by atoms with E-state index in [1.165, 1.54) is 24.3 Å². The highest BCUT2D eigenvalue weighted by molar-refractivity contribution is 6.22. The minimum Gasteiger partial charge on any atom is -0.290 e. The second kappa shape index (κ2) is 5.20. The first kappa shape index (κ1) is 13.6. The number of Topliss-reactive ketones (excluding diaryl/α,β-unsaturated/α-hetero) is 2. The molecule has 4 heteroatoms. The molecular formula is C17H14O4. The van der Waals surface area contributed by atoms with Gasteiger partial charge in [-0.25, -0.2) is 0 Å². The number of ketones is 4. The molecule has 0 saturated heterocycles. The van der Waals surface area contributed by atoms with Gasteiger partial charge in [0.05, 0.1) is 0 Å². The molecule has 0 aromatic rings. The highest BCUT2D eigenvalue weighted by Crippen LogP contribution is 2.29. The number of carbonyl (C=O) groups excluding carboxylic acids is 4. The molecule has 0 heterocycles. The van der Waals surface area contributed by atoms with Crippen LogP contribution in [0.2, 0.25) is 0 Å². The van der Waals surface area contributed by atoms with Crippen LogP contribution in [0, 0.1) is 0 Å². The molecule has 1 fully saturated rings. The minimum atomic E-state index is -0.169. The fraction of sp³-hybridized carbons (Fsp3) is 0.294. The van der Waals surface area contributed by atoms with Crippen LogP contribution in [0.15, 0.2) is 46.6 Å². The van der Waals surface area contributed by atoms with Crippen molar-refractivity contribution in [1.29, 1.82) is 0 Å². The van der Waals surface area contributed by atoms with Crippen molar-refractivity contribution in [2.24, 2.45) is 0 Å². The van der Waals surface area contributed by atoms with Crippen LogP contribution in [0.25, 0.3) is 0 Å². The number of rotatable bonds is 0. The van der Waals surface area contributed by atoms with E-state index in [2.05, 4.69) is 0 Å². The molecule has 0 radical (unpaired) electrons. The minimum absolute atomic E-state index is 0.0978. The standard InChI is InChI=1S/C17H14O4/c18-14-6-10-2-1-3-11-7-15(19)9-13(17(11)21)5-4-12(8-14)16(10)20/h6-9H,1-5H2. The number of allylic oxidation sites excluding steroid dienone is 8. The molecule has 1 saturated carbocycles. The van der Waals surface area contributed by atoms with E-state index in [1.807, 2.05) is 0 Å². The molecule has 21 heavy (non-hydrogen) atoms. The molecule has 4 bridgehead atoms. The summed E-state index contributed by atoms with van der Waals surface area (Å²) < 4.78 is 0. The van der Waals surface area contributed by atoms with Crippen molar-refractivity contribution >= 4 is 23.1 Å². The van der Waals surface area contributed by atoms with Gasteiger partial charge in [-0.15, -0.1) is 0 Å². The summed E-state index contributed by atoms with van der Waals surface area (Å²) in [6.45, 7) is 0. The number of hydrogen-bond donors (Lipinski definition) is 0. The van der Waals surface area contributed by atoms with Crippen LogP contribution in [0.5, 0.6) is 0 Å². The third-order valence-electron chi connectivity index (χ3n) is 3.99. The first-order chi connectivity index (χ1) is 10.0. The van der Waals surface area contributed by atoms with E-state index in [-0.39, 0.29) is 23.1 Å². The maximum atomic E-state index is 12.3. The second-order valence-corrected chi connectivity index (χ2v) is 5.49. The zero-order chi connectivity index (χ0) is 15.0. The lowest BCUT2D eigenvalue weighted by Gasteiger charge is -2.13. The molecule has 0 aliphatic heterocycles. The highest BCUT2D eigenvalue weighted by Gasteiger charge is 2.26. The first-order valence-electron chi connectivity index (χ1n) is 7.04. The summed E-state index contributed by atoms with van der Waals surface area (Å²) in [5.41, 5.74) is 1.91. The number of hydrogen-bond acceptors (Lipinski definition) is 4. The lowest BCUT2D eigenvalue weighted by atomic mass is 9.89. The zero-order valence-corrected chi connectivity index (χ0v) is 11.5. The van der Waals surface area contributed by atoms with E-state index in [0.29, 0.717) is 54.4 Å². The van der Waals surface area contributed by atoms with E-state index in [4.69, 9.17) is 0 Å². The summed E-state index contributed by atoms with van der Waals surface area (Å²) >= 11 is 0. The van der Waals surface area contributed by atoms with Crippen LogP contribution in [-0.2, 0) is 19.2 Å². The van der Waals surface area contributed by atoms with Gasteiger partial charge in [0.2, 0.25) is 0 Å². The molecule has 4 nitrogen and oxygen atoms in total. The van der Waals surface area contributed by atoms with Gasteiger partial charge in [-0.1, -0.05) is 0 Å². The predicted molar refractivity (Wildman–Crippen MR) is 75.4 cm³/mol. The molecule has 0 aromatic carbocycles. The van der Waals surface area contributed by atoms with Crippen LogP contribution in [0.1, 0.15) is 32.1 Å². The molecule has 0 N–H and O–H groups in total. The quantitative estimate of drug-likeness (QED) is 0.637. The van der Waals surface area contributed by atoms with E-state index in [0.717, 1.165) is 0 Å². The Morgan fingerprint density at radius 2 is 0.857 bits per heavy atom. The van der Waals surface area contributed by atoms with Gasteiger partial charge in [-0.05, 0) is 56.4 Å². The topological polar surface area (TPSA) is 68.3 Å². The fourth-order valence-electron chi connectivity index (χ4n) is 2.93. The largest absolute Gasteiger partial charge is 0.290 e. The molecule has 0 aromatic heterocycles. The summed E-state index contributed by atoms with van der Waals surface area (Å²) in [6, 6.07) is 0. The normalized spacial score (nSPS) is 22.9. The number of carbonyl (C=O) groups is 4. The van der Waals surface area contributed by atoms with Gasteiger partial charge < -0.3 is 0 Å². The third-order valence-corrected chi connectivity index (χ3v) is 3.99. The van der Waals surface area contributed by atoms with Crippen molar-refractivity contribution in [3.63, 3.8) is 0 Å². The highest BCUT2D eigenvalue weighted by atomic mass is 16.1. The van der Waals surface area contributed by atoms with Gasteiger partial charge in [0.15, 0.2) is 23.1 Å². The van der Waals surface area contributed by atoms with Gasteiger partial charge in [-0.3, -0.25) is 19.2 Å².